The van der Waals surface area contributed by atoms with Crippen LogP contribution in [0.1, 0.15) is 33.6 Å². The topological polar surface area (TPSA) is 90.9 Å². The van der Waals surface area contributed by atoms with Crippen molar-refractivity contribution in [2.24, 2.45) is 0 Å². The molecule has 1 saturated carbocycles. The Morgan fingerprint density at radius 1 is 1.25 bits per heavy atom. The summed E-state index contributed by atoms with van der Waals surface area (Å²) in [5.41, 5.74) is -0.507. The average molecular weight is 309 g/mol. The van der Waals surface area contributed by atoms with Crippen LogP contribution in [0.15, 0.2) is 0 Å². The smallest absolute Gasteiger partial charge is 0.407 e. The summed E-state index contributed by atoms with van der Waals surface area (Å²) >= 11 is 0. The molecule has 1 rings (SSSR count). The molecule has 1 aliphatic rings. The molecule has 1 amide bonds. The monoisotopic (exact) mass is 309 g/mol. The first-order valence-electron chi connectivity index (χ1n) is 6.51. The Labute approximate surface area is 120 Å². The minimum Gasteiger partial charge on any atom is -0.444 e. The van der Waals surface area contributed by atoms with Gasteiger partial charge in [-0.1, -0.05) is 0 Å². The first-order valence-corrected chi connectivity index (χ1v) is 8.32. The zero-order valence-corrected chi connectivity index (χ0v) is 13.2. The lowest BCUT2D eigenvalue weighted by Gasteiger charge is -2.35. The molecule has 118 valence electrons. The first-order chi connectivity index (χ1) is 9.05. The lowest BCUT2D eigenvalue weighted by Crippen LogP contribution is -2.49. The van der Waals surface area contributed by atoms with Crippen molar-refractivity contribution in [1.82, 2.24) is 5.32 Å². The highest BCUT2D eigenvalue weighted by Gasteiger charge is 2.32. The Morgan fingerprint density at radius 3 is 2.35 bits per heavy atom. The molecule has 0 saturated heterocycles. The van der Waals surface area contributed by atoms with Crippen molar-refractivity contribution in [1.29, 1.82) is 0 Å². The van der Waals surface area contributed by atoms with Crippen LogP contribution in [0.4, 0.5) is 4.79 Å². The molecule has 20 heavy (non-hydrogen) atoms. The summed E-state index contributed by atoms with van der Waals surface area (Å²) in [5, 5.41) is 2.75. The molecule has 0 atom stereocenters. The van der Waals surface area contributed by atoms with Gasteiger partial charge >= 0.3 is 6.09 Å². The quantitative estimate of drug-likeness (QED) is 0.582. The van der Waals surface area contributed by atoms with Gasteiger partial charge in [0.15, 0.2) is 0 Å². The predicted molar refractivity (Wildman–Crippen MR) is 72.9 cm³/mol. The number of alkyl carbamates (subject to hydrolysis) is 1. The normalized spacial score (nSPS) is 23.0. The summed E-state index contributed by atoms with van der Waals surface area (Å²) < 4.78 is 36.5. The Kier molecular flexibility index (Phi) is 5.79. The maximum absolute atomic E-state index is 11.5. The summed E-state index contributed by atoms with van der Waals surface area (Å²) in [6.07, 6.45) is 1.98. The molecule has 8 heteroatoms. The number of hydrogen-bond acceptors (Lipinski definition) is 6. The second-order valence-corrected chi connectivity index (χ2v) is 7.48. The summed E-state index contributed by atoms with van der Waals surface area (Å²) in [5.74, 6) is 0. The van der Waals surface area contributed by atoms with Crippen molar-refractivity contribution in [3.63, 3.8) is 0 Å². The van der Waals surface area contributed by atoms with Crippen molar-refractivity contribution in [2.75, 3.05) is 19.5 Å². The van der Waals surface area contributed by atoms with Gasteiger partial charge in [0, 0.05) is 6.04 Å². The largest absolute Gasteiger partial charge is 0.444 e. The SMILES string of the molecule is CC(C)(C)OC(=O)N[C@H]1C[C@H](OCCOS(C)(=O)=O)C1. The molecule has 0 aromatic carbocycles. The van der Waals surface area contributed by atoms with E-state index in [0.717, 1.165) is 6.26 Å². The number of rotatable bonds is 6. The molecule has 1 aliphatic carbocycles. The third-order valence-corrected chi connectivity index (χ3v) is 3.14. The van der Waals surface area contributed by atoms with E-state index in [4.69, 9.17) is 9.47 Å². The second-order valence-electron chi connectivity index (χ2n) is 5.83. The zero-order valence-electron chi connectivity index (χ0n) is 12.3. The predicted octanol–water partition coefficient (Wildman–Crippen LogP) is 1.03. The average Bonchev–Trinajstić information content (AvgIpc) is 2.15. The van der Waals surface area contributed by atoms with E-state index in [-0.39, 0.29) is 25.4 Å². The van der Waals surface area contributed by atoms with E-state index in [1.54, 1.807) is 20.8 Å². The van der Waals surface area contributed by atoms with Gasteiger partial charge in [0.1, 0.15) is 5.60 Å². The minimum atomic E-state index is -3.41. The van der Waals surface area contributed by atoms with Gasteiger partial charge in [-0.15, -0.1) is 0 Å². The van der Waals surface area contributed by atoms with Gasteiger partial charge in [-0.2, -0.15) is 8.42 Å². The Morgan fingerprint density at radius 2 is 1.85 bits per heavy atom. The maximum atomic E-state index is 11.5. The highest BCUT2D eigenvalue weighted by Crippen LogP contribution is 2.23. The minimum absolute atomic E-state index is 0.0134. The summed E-state index contributed by atoms with van der Waals surface area (Å²) in [6, 6.07) is 0.0469. The summed E-state index contributed by atoms with van der Waals surface area (Å²) in [4.78, 5) is 11.5. The highest BCUT2D eigenvalue weighted by molar-refractivity contribution is 7.85. The summed E-state index contributed by atoms with van der Waals surface area (Å²) in [6.45, 7) is 5.65. The van der Waals surface area contributed by atoms with E-state index in [0.29, 0.717) is 12.8 Å². The van der Waals surface area contributed by atoms with E-state index in [2.05, 4.69) is 9.50 Å². The molecule has 0 unspecified atom stereocenters. The van der Waals surface area contributed by atoms with Crippen molar-refractivity contribution in [3.05, 3.63) is 0 Å². The Bertz CT molecular complexity index is 422. The molecular weight excluding hydrogens is 286 g/mol. The molecule has 0 bridgehead atoms. The fraction of sp³-hybridized carbons (Fsp3) is 0.917. The van der Waals surface area contributed by atoms with Gasteiger partial charge in [0.25, 0.3) is 10.1 Å². The molecule has 0 spiro atoms. The van der Waals surface area contributed by atoms with E-state index >= 15 is 0 Å². The van der Waals surface area contributed by atoms with Gasteiger partial charge in [0.05, 0.1) is 25.6 Å². The molecule has 1 N–H and O–H groups in total. The van der Waals surface area contributed by atoms with Crippen molar-refractivity contribution in [3.8, 4) is 0 Å². The molecular formula is C12H23NO6S. The fourth-order valence-corrected chi connectivity index (χ4v) is 2.06. The third kappa shape index (κ3) is 7.66. The number of nitrogens with one attached hydrogen (secondary N) is 1. The molecule has 1 fully saturated rings. The molecule has 7 nitrogen and oxygen atoms in total. The van der Waals surface area contributed by atoms with Crippen LogP contribution in [0.3, 0.4) is 0 Å². The molecule has 0 aromatic heterocycles. The fourth-order valence-electron chi connectivity index (χ4n) is 1.69. The number of carbonyl (C=O) groups excluding carboxylic acids is 1. The van der Waals surface area contributed by atoms with Crippen LogP contribution < -0.4 is 5.32 Å². The van der Waals surface area contributed by atoms with E-state index < -0.39 is 21.8 Å². The van der Waals surface area contributed by atoms with Gasteiger partial charge in [-0.25, -0.2) is 4.79 Å². The summed E-state index contributed by atoms with van der Waals surface area (Å²) in [7, 11) is -3.41. The molecule has 0 radical (unpaired) electrons. The lowest BCUT2D eigenvalue weighted by atomic mass is 9.89. The number of amides is 1. The van der Waals surface area contributed by atoms with Gasteiger partial charge in [-0.05, 0) is 33.6 Å². The van der Waals surface area contributed by atoms with Crippen molar-refractivity contribution in [2.45, 2.75) is 51.4 Å². The van der Waals surface area contributed by atoms with Crippen LogP contribution in [-0.4, -0.2) is 51.7 Å². The Balaban J connectivity index is 2.07. The third-order valence-electron chi connectivity index (χ3n) is 2.55. The zero-order chi connectivity index (χ0) is 15.4. The van der Waals surface area contributed by atoms with Crippen molar-refractivity contribution < 1.29 is 26.9 Å². The van der Waals surface area contributed by atoms with Crippen molar-refractivity contribution >= 4 is 16.2 Å². The van der Waals surface area contributed by atoms with Gasteiger partial charge in [-0.3, -0.25) is 4.18 Å². The first kappa shape index (κ1) is 17.2. The van der Waals surface area contributed by atoms with E-state index in [9.17, 15) is 13.2 Å². The molecule has 0 heterocycles. The second kappa shape index (κ2) is 6.73. The molecule has 0 aromatic rings. The Hall–Kier alpha value is -0.860. The van der Waals surface area contributed by atoms with Crippen LogP contribution in [0.25, 0.3) is 0 Å². The van der Waals surface area contributed by atoms with E-state index in [1.807, 2.05) is 0 Å². The number of carbonyl (C=O) groups is 1. The number of hydrogen-bond donors (Lipinski definition) is 1. The van der Waals surface area contributed by atoms with Gasteiger partial charge < -0.3 is 14.8 Å². The van der Waals surface area contributed by atoms with Crippen LogP contribution in [0.5, 0.6) is 0 Å². The van der Waals surface area contributed by atoms with Crippen LogP contribution in [-0.2, 0) is 23.8 Å². The standard InChI is InChI=1S/C12H23NO6S/c1-12(2,3)19-11(14)13-9-7-10(8-9)17-5-6-18-20(4,15)16/h9-10H,5-8H2,1-4H3,(H,13,14)/t9-,10-. The lowest BCUT2D eigenvalue weighted by molar-refractivity contribution is -0.0287. The van der Waals surface area contributed by atoms with Gasteiger partial charge in [0.2, 0.25) is 0 Å². The van der Waals surface area contributed by atoms with E-state index in [1.165, 1.54) is 0 Å². The van der Waals surface area contributed by atoms with Crippen LogP contribution in [0, 0.1) is 0 Å². The maximum Gasteiger partial charge on any atom is 0.407 e. The van der Waals surface area contributed by atoms with Crippen LogP contribution in [0.2, 0.25) is 0 Å². The molecule has 0 aliphatic heterocycles. The number of ether oxygens (including phenoxy) is 2. The van der Waals surface area contributed by atoms with Crippen LogP contribution >= 0.6 is 0 Å². The highest BCUT2D eigenvalue weighted by atomic mass is 32.2.